The van der Waals surface area contributed by atoms with Crippen LogP contribution in [0.25, 0.3) is 0 Å². The first-order chi connectivity index (χ1) is 10.1. The van der Waals surface area contributed by atoms with Gasteiger partial charge < -0.3 is 10.1 Å². The number of ether oxygens (including phenoxy) is 1. The molecule has 0 bridgehead atoms. The van der Waals surface area contributed by atoms with Gasteiger partial charge in [0.2, 0.25) is 11.8 Å². The Hall–Kier alpha value is -1.78. The van der Waals surface area contributed by atoms with Crippen molar-refractivity contribution in [3.05, 3.63) is 46.6 Å². The molecule has 21 heavy (non-hydrogen) atoms. The summed E-state index contributed by atoms with van der Waals surface area (Å²) >= 11 is 11.8. The SMILES string of the molecule is O=C(Nc1ccc(Oc2ncc(Cl)cc2Cl)cc1)C1CC1. The standard InChI is InChI=1S/C15H12Cl2N2O2/c16-10-7-13(17)15(18-8-10)21-12-5-3-11(4-6-12)19-14(20)9-1-2-9/h3-9H,1-2H2,(H,19,20). The fourth-order valence-corrected chi connectivity index (χ4v) is 2.20. The van der Waals surface area contributed by atoms with Gasteiger partial charge in [-0.3, -0.25) is 4.79 Å². The van der Waals surface area contributed by atoms with E-state index in [1.807, 2.05) is 0 Å². The average Bonchev–Trinajstić information content (AvgIpc) is 3.28. The maximum Gasteiger partial charge on any atom is 0.238 e. The Morgan fingerprint density at radius 2 is 1.95 bits per heavy atom. The highest BCUT2D eigenvalue weighted by Crippen LogP contribution is 2.31. The van der Waals surface area contributed by atoms with Crippen LogP contribution in [0.5, 0.6) is 11.6 Å². The van der Waals surface area contributed by atoms with E-state index in [0.29, 0.717) is 15.8 Å². The van der Waals surface area contributed by atoms with Crippen molar-refractivity contribution in [1.29, 1.82) is 0 Å². The summed E-state index contributed by atoms with van der Waals surface area (Å²) in [6.07, 6.45) is 3.43. The number of pyridine rings is 1. The highest BCUT2D eigenvalue weighted by atomic mass is 35.5. The number of carbonyl (C=O) groups excluding carboxylic acids is 1. The van der Waals surface area contributed by atoms with Gasteiger partial charge in [0.05, 0.1) is 5.02 Å². The number of nitrogens with zero attached hydrogens (tertiary/aromatic N) is 1. The molecule has 0 unspecified atom stereocenters. The predicted molar refractivity (Wildman–Crippen MR) is 82.1 cm³/mol. The normalized spacial score (nSPS) is 13.8. The van der Waals surface area contributed by atoms with Gasteiger partial charge in [-0.1, -0.05) is 23.2 Å². The molecule has 1 aliphatic rings. The molecule has 1 fully saturated rings. The van der Waals surface area contributed by atoms with Crippen molar-refractivity contribution < 1.29 is 9.53 Å². The van der Waals surface area contributed by atoms with Gasteiger partial charge >= 0.3 is 0 Å². The summed E-state index contributed by atoms with van der Waals surface area (Å²) in [5.74, 6) is 1.12. The molecule has 2 aromatic rings. The Labute approximate surface area is 132 Å². The van der Waals surface area contributed by atoms with E-state index in [-0.39, 0.29) is 17.7 Å². The van der Waals surface area contributed by atoms with E-state index in [9.17, 15) is 4.79 Å². The van der Waals surface area contributed by atoms with Crippen LogP contribution in [0.4, 0.5) is 5.69 Å². The van der Waals surface area contributed by atoms with E-state index in [1.165, 1.54) is 6.20 Å². The van der Waals surface area contributed by atoms with Gasteiger partial charge in [-0.05, 0) is 43.2 Å². The Morgan fingerprint density at radius 1 is 1.24 bits per heavy atom. The van der Waals surface area contributed by atoms with Crippen LogP contribution in [0.3, 0.4) is 0 Å². The van der Waals surface area contributed by atoms with Gasteiger partial charge in [-0.25, -0.2) is 4.98 Å². The summed E-state index contributed by atoms with van der Waals surface area (Å²) in [4.78, 5) is 15.7. The third-order valence-electron chi connectivity index (χ3n) is 3.06. The van der Waals surface area contributed by atoms with Crippen LogP contribution in [-0.4, -0.2) is 10.9 Å². The molecule has 0 saturated heterocycles. The summed E-state index contributed by atoms with van der Waals surface area (Å²) < 4.78 is 5.57. The lowest BCUT2D eigenvalue weighted by Gasteiger charge is -2.08. The lowest BCUT2D eigenvalue weighted by Crippen LogP contribution is -2.12. The fourth-order valence-electron chi connectivity index (χ4n) is 1.78. The van der Waals surface area contributed by atoms with E-state index >= 15 is 0 Å². The highest BCUT2D eigenvalue weighted by molar-refractivity contribution is 6.35. The highest BCUT2D eigenvalue weighted by Gasteiger charge is 2.29. The number of rotatable bonds is 4. The van der Waals surface area contributed by atoms with Crippen molar-refractivity contribution in [2.24, 2.45) is 5.92 Å². The number of nitrogens with one attached hydrogen (secondary N) is 1. The number of hydrogen-bond acceptors (Lipinski definition) is 3. The molecule has 1 heterocycles. The average molecular weight is 323 g/mol. The number of hydrogen-bond donors (Lipinski definition) is 1. The van der Waals surface area contributed by atoms with Crippen molar-refractivity contribution in [2.75, 3.05) is 5.32 Å². The topological polar surface area (TPSA) is 51.2 Å². The first-order valence-electron chi connectivity index (χ1n) is 6.51. The lowest BCUT2D eigenvalue weighted by molar-refractivity contribution is -0.117. The molecule has 108 valence electrons. The molecule has 1 amide bonds. The largest absolute Gasteiger partial charge is 0.438 e. The zero-order chi connectivity index (χ0) is 14.8. The van der Waals surface area contributed by atoms with Gasteiger partial charge in [-0.15, -0.1) is 0 Å². The molecule has 0 atom stereocenters. The predicted octanol–water partition coefficient (Wildman–Crippen LogP) is 4.53. The molecule has 3 rings (SSSR count). The Kier molecular flexibility index (Phi) is 3.99. The third-order valence-corrected chi connectivity index (χ3v) is 3.54. The molecule has 0 aliphatic heterocycles. The third kappa shape index (κ3) is 3.65. The van der Waals surface area contributed by atoms with E-state index in [2.05, 4.69) is 10.3 Å². The van der Waals surface area contributed by atoms with Gasteiger partial charge in [0.25, 0.3) is 0 Å². The smallest absolute Gasteiger partial charge is 0.238 e. The summed E-state index contributed by atoms with van der Waals surface area (Å²) in [7, 11) is 0. The van der Waals surface area contributed by atoms with Crippen LogP contribution in [0.1, 0.15) is 12.8 Å². The molecule has 4 nitrogen and oxygen atoms in total. The van der Waals surface area contributed by atoms with E-state index in [1.54, 1.807) is 30.3 Å². The maximum absolute atomic E-state index is 11.6. The fraction of sp³-hybridized carbons (Fsp3) is 0.200. The maximum atomic E-state index is 11.6. The molecule has 1 aromatic heterocycles. The number of amides is 1. The molecule has 0 radical (unpaired) electrons. The first kappa shape index (κ1) is 14.2. The molecule has 1 aliphatic carbocycles. The van der Waals surface area contributed by atoms with E-state index in [0.717, 1.165) is 18.5 Å². The van der Waals surface area contributed by atoms with Gasteiger partial charge in [0, 0.05) is 17.8 Å². The Morgan fingerprint density at radius 3 is 2.57 bits per heavy atom. The van der Waals surface area contributed by atoms with E-state index < -0.39 is 0 Å². The minimum absolute atomic E-state index is 0.0751. The van der Waals surface area contributed by atoms with Crippen LogP contribution in [0, 0.1) is 5.92 Å². The number of carbonyl (C=O) groups is 1. The zero-order valence-corrected chi connectivity index (χ0v) is 12.5. The second-order valence-electron chi connectivity index (χ2n) is 4.83. The van der Waals surface area contributed by atoms with Gasteiger partial charge in [0.1, 0.15) is 10.8 Å². The molecule has 1 saturated carbocycles. The van der Waals surface area contributed by atoms with Crippen LogP contribution in [-0.2, 0) is 4.79 Å². The lowest BCUT2D eigenvalue weighted by atomic mass is 10.3. The monoisotopic (exact) mass is 322 g/mol. The number of anilines is 1. The summed E-state index contributed by atoms with van der Waals surface area (Å²) in [5.41, 5.74) is 0.745. The van der Waals surface area contributed by atoms with Crippen LogP contribution in [0.2, 0.25) is 10.0 Å². The summed E-state index contributed by atoms with van der Waals surface area (Å²) in [5, 5.41) is 3.65. The molecular formula is C15H12Cl2N2O2. The van der Waals surface area contributed by atoms with E-state index in [4.69, 9.17) is 27.9 Å². The summed E-state index contributed by atoms with van der Waals surface area (Å²) in [6, 6.07) is 8.61. The molecule has 1 aromatic carbocycles. The van der Waals surface area contributed by atoms with Crippen molar-refractivity contribution in [3.63, 3.8) is 0 Å². The Balaban J connectivity index is 1.67. The first-order valence-corrected chi connectivity index (χ1v) is 7.27. The van der Waals surface area contributed by atoms with Crippen LogP contribution < -0.4 is 10.1 Å². The van der Waals surface area contributed by atoms with Crippen LogP contribution >= 0.6 is 23.2 Å². The van der Waals surface area contributed by atoms with Crippen molar-refractivity contribution in [2.45, 2.75) is 12.8 Å². The minimum atomic E-state index is 0.0751. The molecule has 6 heteroatoms. The number of halogens is 2. The van der Waals surface area contributed by atoms with Crippen molar-refractivity contribution >= 4 is 34.8 Å². The van der Waals surface area contributed by atoms with Gasteiger partial charge in [-0.2, -0.15) is 0 Å². The Bertz CT molecular complexity index is 670. The summed E-state index contributed by atoms with van der Waals surface area (Å²) in [6.45, 7) is 0. The zero-order valence-electron chi connectivity index (χ0n) is 11.0. The van der Waals surface area contributed by atoms with Gasteiger partial charge in [0.15, 0.2) is 0 Å². The second-order valence-corrected chi connectivity index (χ2v) is 5.67. The molecule has 1 N–H and O–H groups in total. The quantitative estimate of drug-likeness (QED) is 0.899. The second kappa shape index (κ2) is 5.92. The van der Waals surface area contributed by atoms with Crippen molar-refractivity contribution in [3.8, 4) is 11.6 Å². The molecule has 0 spiro atoms. The number of benzene rings is 1. The molecular weight excluding hydrogens is 311 g/mol. The van der Waals surface area contributed by atoms with Crippen LogP contribution in [0.15, 0.2) is 36.5 Å². The van der Waals surface area contributed by atoms with Crippen molar-refractivity contribution in [1.82, 2.24) is 4.98 Å². The minimum Gasteiger partial charge on any atom is -0.438 e. The number of aromatic nitrogens is 1.